The zero-order valence-electron chi connectivity index (χ0n) is 15.2. The van der Waals surface area contributed by atoms with Crippen molar-refractivity contribution < 1.29 is 13.2 Å². The van der Waals surface area contributed by atoms with Crippen molar-refractivity contribution in [1.82, 2.24) is 4.83 Å². The standard InChI is InChI=1S/C21H19N3O3S/c1-16(23-24-28(26,27)20-10-6-3-7-11-20)17-12-14-19(15-13-17)22-21(25)18-8-4-2-5-9-18/h2-15,24H,1H3,(H,22,25). The molecule has 0 spiro atoms. The van der Waals surface area contributed by atoms with Gasteiger partial charge in [-0.2, -0.15) is 18.4 Å². The molecule has 3 aromatic carbocycles. The van der Waals surface area contributed by atoms with Gasteiger partial charge in [0, 0.05) is 11.3 Å². The van der Waals surface area contributed by atoms with Crippen LogP contribution in [-0.2, 0) is 10.0 Å². The number of hydrogen-bond donors (Lipinski definition) is 2. The van der Waals surface area contributed by atoms with Gasteiger partial charge in [-0.15, -0.1) is 0 Å². The van der Waals surface area contributed by atoms with Gasteiger partial charge in [-0.05, 0) is 48.9 Å². The van der Waals surface area contributed by atoms with Crippen molar-refractivity contribution in [2.24, 2.45) is 5.10 Å². The zero-order valence-corrected chi connectivity index (χ0v) is 16.0. The molecule has 0 bridgehead atoms. The summed E-state index contributed by atoms with van der Waals surface area (Å²) >= 11 is 0. The number of amides is 1. The average molecular weight is 393 g/mol. The normalized spacial score (nSPS) is 11.7. The second-order valence-corrected chi connectivity index (χ2v) is 7.66. The molecule has 0 radical (unpaired) electrons. The van der Waals surface area contributed by atoms with Crippen LogP contribution in [0.5, 0.6) is 0 Å². The second kappa shape index (κ2) is 8.49. The SMILES string of the molecule is CC(=NNS(=O)(=O)c1ccccc1)c1ccc(NC(=O)c2ccccc2)cc1. The number of carbonyl (C=O) groups is 1. The van der Waals surface area contributed by atoms with Crippen LogP contribution in [-0.4, -0.2) is 20.0 Å². The lowest BCUT2D eigenvalue weighted by Crippen LogP contribution is -2.19. The fourth-order valence-corrected chi connectivity index (χ4v) is 3.31. The van der Waals surface area contributed by atoms with Crippen LogP contribution in [0, 0.1) is 0 Å². The molecule has 0 heterocycles. The van der Waals surface area contributed by atoms with E-state index in [0.29, 0.717) is 17.0 Å². The van der Waals surface area contributed by atoms with Gasteiger partial charge >= 0.3 is 0 Å². The summed E-state index contributed by atoms with van der Waals surface area (Å²) in [5, 5.41) is 6.78. The van der Waals surface area contributed by atoms with Crippen molar-refractivity contribution >= 4 is 27.3 Å². The molecule has 2 N–H and O–H groups in total. The van der Waals surface area contributed by atoms with Crippen molar-refractivity contribution in [3.63, 3.8) is 0 Å². The van der Waals surface area contributed by atoms with Crippen LogP contribution in [0.3, 0.4) is 0 Å². The maximum atomic E-state index is 12.2. The lowest BCUT2D eigenvalue weighted by atomic mass is 10.1. The summed E-state index contributed by atoms with van der Waals surface area (Å²) < 4.78 is 24.4. The molecular formula is C21H19N3O3S. The van der Waals surface area contributed by atoms with Gasteiger partial charge in [-0.25, -0.2) is 0 Å². The molecule has 0 atom stereocenters. The first-order valence-corrected chi connectivity index (χ1v) is 10.0. The van der Waals surface area contributed by atoms with Crippen molar-refractivity contribution in [3.8, 4) is 0 Å². The molecule has 3 aromatic rings. The zero-order chi connectivity index (χ0) is 20.0. The third-order valence-corrected chi connectivity index (χ3v) is 5.21. The molecule has 0 aliphatic heterocycles. The van der Waals surface area contributed by atoms with E-state index in [9.17, 15) is 13.2 Å². The van der Waals surface area contributed by atoms with Crippen molar-refractivity contribution in [2.75, 3.05) is 5.32 Å². The van der Waals surface area contributed by atoms with E-state index in [-0.39, 0.29) is 10.8 Å². The fourth-order valence-electron chi connectivity index (χ4n) is 2.43. The lowest BCUT2D eigenvalue weighted by molar-refractivity contribution is 0.102. The van der Waals surface area contributed by atoms with Crippen molar-refractivity contribution in [2.45, 2.75) is 11.8 Å². The Hall–Kier alpha value is -3.45. The smallest absolute Gasteiger partial charge is 0.276 e. The second-order valence-electron chi connectivity index (χ2n) is 6.00. The quantitative estimate of drug-likeness (QED) is 0.495. The molecule has 0 aliphatic carbocycles. The summed E-state index contributed by atoms with van der Waals surface area (Å²) in [7, 11) is -3.71. The predicted octanol–water partition coefficient (Wildman–Crippen LogP) is 3.64. The van der Waals surface area contributed by atoms with E-state index in [1.807, 2.05) is 6.07 Å². The number of hydrazone groups is 1. The maximum absolute atomic E-state index is 12.2. The van der Waals surface area contributed by atoms with Crippen LogP contribution >= 0.6 is 0 Å². The van der Waals surface area contributed by atoms with Crippen LogP contribution in [0.4, 0.5) is 5.69 Å². The number of nitrogens with one attached hydrogen (secondary N) is 2. The number of nitrogens with zero attached hydrogens (tertiary/aromatic N) is 1. The Bertz CT molecular complexity index is 1080. The molecular weight excluding hydrogens is 374 g/mol. The largest absolute Gasteiger partial charge is 0.322 e. The Labute approximate surface area is 164 Å². The van der Waals surface area contributed by atoms with Crippen molar-refractivity contribution in [1.29, 1.82) is 0 Å². The highest BCUT2D eigenvalue weighted by Crippen LogP contribution is 2.13. The number of anilines is 1. The molecule has 7 heteroatoms. The van der Waals surface area contributed by atoms with Gasteiger partial charge in [-0.3, -0.25) is 4.79 Å². The highest BCUT2D eigenvalue weighted by molar-refractivity contribution is 7.89. The first-order chi connectivity index (χ1) is 13.5. The van der Waals surface area contributed by atoms with Gasteiger partial charge < -0.3 is 5.32 Å². The summed E-state index contributed by atoms with van der Waals surface area (Å²) in [5.41, 5.74) is 2.43. The molecule has 142 valence electrons. The third kappa shape index (κ3) is 4.83. The average Bonchev–Trinajstić information content (AvgIpc) is 2.74. The number of rotatable bonds is 6. The molecule has 28 heavy (non-hydrogen) atoms. The van der Waals surface area contributed by atoms with E-state index in [2.05, 4.69) is 15.2 Å². The third-order valence-electron chi connectivity index (χ3n) is 3.98. The van der Waals surface area contributed by atoms with Gasteiger partial charge in [0.2, 0.25) is 0 Å². The van der Waals surface area contributed by atoms with Crippen LogP contribution in [0.2, 0.25) is 0 Å². The van der Waals surface area contributed by atoms with Crippen molar-refractivity contribution in [3.05, 3.63) is 96.1 Å². The Balaban J connectivity index is 1.67. The van der Waals surface area contributed by atoms with E-state index in [4.69, 9.17) is 0 Å². The molecule has 0 unspecified atom stereocenters. The Kier molecular flexibility index (Phi) is 5.86. The number of sulfonamides is 1. The van der Waals surface area contributed by atoms with Gasteiger partial charge in [0.15, 0.2) is 0 Å². The molecule has 0 saturated heterocycles. The minimum Gasteiger partial charge on any atom is -0.322 e. The van der Waals surface area contributed by atoms with Gasteiger partial charge in [0.25, 0.3) is 15.9 Å². The fraction of sp³-hybridized carbons (Fsp3) is 0.0476. The molecule has 3 rings (SSSR count). The predicted molar refractivity (Wildman–Crippen MR) is 110 cm³/mol. The highest BCUT2D eigenvalue weighted by atomic mass is 32.2. The van der Waals surface area contributed by atoms with E-state index in [0.717, 1.165) is 5.56 Å². The molecule has 0 saturated carbocycles. The van der Waals surface area contributed by atoms with Gasteiger partial charge in [0.05, 0.1) is 10.6 Å². The number of carbonyl (C=O) groups excluding carboxylic acids is 1. The van der Waals surface area contributed by atoms with Crippen LogP contribution in [0.25, 0.3) is 0 Å². The Morgan fingerprint density at radius 1 is 0.786 bits per heavy atom. The van der Waals surface area contributed by atoms with E-state index < -0.39 is 10.0 Å². The minimum atomic E-state index is -3.71. The van der Waals surface area contributed by atoms with E-state index in [1.54, 1.807) is 73.7 Å². The minimum absolute atomic E-state index is 0.144. The molecule has 1 amide bonds. The first-order valence-electron chi connectivity index (χ1n) is 8.54. The lowest BCUT2D eigenvalue weighted by Gasteiger charge is -2.08. The van der Waals surface area contributed by atoms with Crippen LogP contribution in [0.15, 0.2) is 94.9 Å². The van der Waals surface area contributed by atoms with Crippen LogP contribution < -0.4 is 10.1 Å². The number of hydrogen-bond acceptors (Lipinski definition) is 4. The summed E-state index contributed by atoms with van der Waals surface area (Å²) in [6.07, 6.45) is 0. The summed E-state index contributed by atoms with van der Waals surface area (Å²) in [6, 6.07) is 23.9. The molecule has 0 aliphatic rings. The highest BCUT2D eigenvalue weighted by Gasteiger charge is 2.12. The topological polar surface area (TPSA) is 87.6 Å². The summed E-state index contributed by atoms with van der Waals surface area (Å²) in [5.74, 6) is -0.200. The molecule has 0 fully saturated rings. The number of benzene rings is 3. The van der Waals surface area contributed by atoms with Crippen LogP contribution in [0.1, 0.15) is 22.8 Å². The Morgan fingerprint density at radius 3 is 1.96 bits per heavy atom. The summed E-state index contributed by atoms with van der Waals surface area (Å²) in [4.78, 5) is 14.5. The Morgan fingerprint density at radius 2 is 1.36 bits per heavy atom. The monoisotopic (exact) mass is 393 g/mol. The van der Waals surface area contributed by atoms with E-state index >= 15 is 0 Å². The molecule has 6 nitrogen and oxygen atoms in total. The maximum Gasteiger partial charge on any atom is 0.276 e. The van der Waals surface area contributed by atoms with Gasteiger partial charge in [0.1, 0.15) is 0 Å². The van der Waals surface area contributed by atoms with E-state index in [1.165, 1.54) is 12.1 Å². The summed E-state index contributed by atoms with van der Waals surface area (Å²) in [6.45, 7) is 1.70. The molecule has 0 aromatic heterocycles. The van der Waals surface area contributed by atoms with Gasteiger partial charge in [-0.1, -0.05) is 48.5 Å². The first kappa shape index (κ1) is 19.3.